The molecule has 0 radical (unpaired) electrons. The highest BCUT2D eigenvalue weighted by Gasteiger charge is 2.13. The number of anilines is 1. The molecule has 2 rings (SSSR count). The van der Waals surface area contributed by atoms with Crippen LogP contribution in [0.25, 0.3) is 10.2 Å². The maximum absolute atomic E-state index is 11.7. The van der Waals surface area contributed by atoms with E-state index in [1.54, 1.807) is 11.3 Å². The highest BCUT2D eigenvalue weighted by atomic mass is 32.1. The zero-order valence-electron chi connectivity index (χ0n) is 10.8. The van der Waals surface area contributed by atoms with E-state index >= 15 is 0 Å². The summed E-state index contributed by atoms with van der Waals surface area (Å²) in [4.78, 5) is 15.9. The average Bonchev–Trinajstić information content (AvgIpc) is 2.71. The van der Waals surface area contributed by atoms with Crippen molar-refractivity contribution in [3.8, 4) is 0 Å². The summed E-state index contributed by atoms with van der Waals surface area (Å²) in [6.45, 7) is 6.18. The highest BCUT2D eigenvalue weighted by molar-refractivity contribution is 7.16. The topological polar surface area (TPSA) is 54.0 Å². The molecule has 0 saturated carbocycles. The molecular weight excluding hydrogens is 246 g/mol. The van der Waals surface area contributed by atoms with Crippen molar-refractivity contribution in [2.45, 2.75) is 26.3 Å². The molecule has 0 spiro atoms. The molecule has 2 aromatic rings. The van der Waals surface area contributed by atoms with E-state index in [-0.39, 0.29) is 18.0 Å². The summed E-state index contributed by atoms with van der Waals surface area (Å²) in [5.41, 5.74) is 3.56. The van der Waals surface area contributed by atoms with Crippen molar-refractivity contribution >= 4 is 33.1 Å². The smallest absolute Gasteiger partial charge is 0.239 e. The number of nitrogens with zero attached hydrogens (tertiary/aromatic N) is 1. The van der Waals surface area contributed by atoms with Crippen molar-refractivity contribution in [3.63, 3.8) is 0 Å². The lowest BCUT2D eigenvalue weighted by atomic mass is 10.1. The number of rotatable bonds is 3. The van der Waals surface area contributed by atoms with Crippen LogP contribution in [0.1, 0.15) is 20.8 Å². The molecule has 0 unspecified atom stereocenters. The molecule has 2 N–H and O–H groups in total. The zero-order valence-corrected chi connectivity index (χ0v) is 11.6. The first-order chi connectivity index (χ1) is 8.44. The zero-order chi connectivity index (χ0) is 13.2. The summed E-state index contributed by atoms with van der Waals surface area (Å²) in [7, 11) is 0. The van der Waals surface area contributed by atoms with Gasteiger partial charge in [-0.2, -0.15) is 0 Å². The first kappa shape index (κ1) is 12.8. The van der Waals surface area contributed by atoms with E-state index in [0.29, 0.717) is 0 Å². The molecule has 4 nitrogen and oxygen atoms in total. The van der Waals surface area contributed by atoms with Crippen LogP contribution in [0.2, 0.25) is 0 Å². The number of hydrogen-bond donors (Lipinski definition) is 2. The van der Waals surface area contributed by atoms with Crippen LogP contribution in [0, 0.1) is 0 Å². The SMILES string of the molecule is CC(C)(C)NC(=O)CNc1ccc2ncsc2c1. The number of aromatic nitrogens is 1. The Hall–Kier alpha value is -1.62. The Kier molecular flexibility index (Phi) is 3.52. The minimum atomic E-state index is -0.194. The van der Waals surface area contributed by atoms with Crippen molar-refractivity contribution in [1.82, 2.24) is 10.3 Å². The quantitative estimate of drug-likeness (QED) is 0.895. The van der Waals surface area contributed by atoms with Gasteiger partial charge in [0.15, 0.2) is 0 Å². The molecule has 5 heteroatoms. The van der Waals surface area contributed by atoms with Crippen molar-refractivity contribution < 1.29 is 4.79 Å². The summed E-state index contributed by atoms with van der Waals surface area (Å²) in [5, 5.41) is 6.03. The first-order valence-corrected chi connectivity index (χ1v) is 6.70. The monoisotopic (exact) mass is 263 g/mol. The molecule has 0 aliphatic carbocycles. The maximum atomic E-state index is 11.7. The van der Waals surface area contributed by atoms with Crippen molar-refractivity contribution in [3.05, 3.63) is 23.7 Å². The molecule has 1 heterocycles. The Balaban J connectivity index is 1.95. The summed E-state index contributed by atoms with van der Waals surface area (Å²) in [5.74, 6) is -0.00750. The van der Waals surface area contributed by atoms with Gasteiger partial charge in [-0.15, -0.1) is 11.3 Å². The fourth-order valence-electron chi connectivity index (χ4n) is 1.61. The number of hydrogen-bond acceptors (Lipinski definition) is 4. The Morgan fingerprint density at radius 2 is 2.17 bits per heavy atom. The fraction of sp³-hybridized carbons (Fsp3) is 0.385. The van der Waals surface area contributed by atoms with Crippen LogP contribution in [0.4, 0.5) is 5.69 Å². The van der Waals surface area contributed by atoms with Gasteiger partial charge in [0.1, 0.15) is 0 Å². The highest BCUT2D eigenvalue weighted by Crippen LogP contribution is 2.21. The third kappa shape index (κ3) is 3.43. The minimum absolute atomic E-state index is 0.00750. The molecule has 0 atom stereocenters. The van der Waals surface area contributed by atoms with E-state index < -0.39 is 0 Å². The van der Waals surface area contributed by atoms with Gasteiger partial charge in [-0.05, 0) is 39.0 Å². The van der Waals surface area contributed by atoms with E-state index in [9.17, 15) is 4.79 Å². The Bertz CT molecular complexity index is 557. The van der Waals surface area contributed by atoms with E-state index in [4.69, 9.17) is 0 Å². The number of carbonyl (C=O) groups is 1. The molecule has 0 bridgehead atoms. The van der Waals surface area contributed by atoms with Crippen molar-refractivity contribution in [1.29, 1.82) is 0 Å². The predicted octanol–water partition coefficient (Wildman–Crippen LogP) is 2.62. The summed E-state index contributed by atoms with van der Waals surface area (Å²) in [6, 6.07) is 5.90. The number of fused-ring (bicyclic) bond motifs is 1. The fourth-order valence-corrected chi connectivity index (χ4v) is 2.33. The number of thiazole rings is 1. The molecule has 0 saturated heterocycles. The molecule has 18 heavy (non-hydrogen) atoms. The molecule has 0 fully saturated rings. The Labute approximate surface area is 110 Å². The van der Waals surface area contributed by atoms with Crippen LogP contribution >= 0.6 is 11.3 Å². The lowest BCUT2D eigenvalue weighted by Crippen LogP contribution is -2.43. The van der Waals surface area contributed by atoms with Gasteiger partial charge in [0, 0.05) is 11.2 Å². The number of carbonyl (C=O) groups excluding carboxylic acids is 1. The first-order valence-electron chi connectivity index (χ1n) is 5.82. The minimum Gasteiger partial charge on any atom is -0.376 e. The maximum Gasteiger partial charge on any atom is 0.239 e. The van der Waals surface area contributed by atoms with Gasteiger partial charge in [0.2, 0.25) is 5.91 Å². The van der Waals surface area contributed by atoms with Crippen molar-refractivity contribution in [2.24, 2.45) is 0 Å². The molecule has 1 amide bonds. The third-order valence-electron chi connectivity index (χ3n) is 2.30. The second-order valence-electron chi connectivity index (χ2n) is 5.19. The van der Waals surface area contributed by atoms with Crippen LogP contribution in [0.15, 0.2) is 23.7 Å². The normalized spacial score (nSPS) is 11.5. The van der Waals surface area contributed by atoms with E-state index in [0.717, 1.165) is 15.9 Å². The van der Waals surface area contributed by atoms with Gasteiger partial charge >= 0.3 is 0 Å². The van der Waals surface area contributed by atoms with Gasteiger partial charge in [-0.1, -0.05) is 0 Å². The molecule has 1 aromatic heterocycles. The Morgan fingerprint density at radius 3 is 2.89 bits per heavy atom. The van der Waals surface area contributed by atoms with Crippen LogP contribution in [-0.2, 0) is 4.79 Å². The lowest BCUT2D eigenvalue weighted by molar-refractivity contribution is -0.120. The molecule has 96 valence electrons. The van der Waals surface area contributed by atoms with Gasteiger partial charge < -0.3 is 10.6 Å². The summed E-state index contributed by atoms with van der Waals surface area (Å²) >= 11 is 1.59. The lowest BCUT2D eigenvalue weighted by Gasteiger charge is -2.20. The average molecular weight is 263 g/mol. The summed E-state index contributed by atoms with van der Waals surface area (Å²) in [6.07, 6.45) is 0. The van der Waals surface area contributed by atoms with Gasteiger partial charge in [0.25, 0.3) is 0 Å². The second kappa shape index (κ2) is 4.94. The van der Waals surface area contributed by atoms with E-state index in [1.807, 2.05) is 44.5 Å². The second-order valence-corrected chi connectivity index (χ2v) is 6.07. The van der Waals surface area contributed by atoms with Crippen molar-refractivity contribution in [2.75, 3.05) is 11.9 Å². The van der Waals surface area contributed by atoms with Gasteiger partial charge in [-0.3, -0.25) is 4.79 Å². The Morgan fingerprint density at radius 1 is 1.39 bits per heavy atom. The largest absolute Gasteiger partial charge is 0.376 e. The molecule has 1 aromatic carbocycles. The van der Waals surface area contributed by atoms with E-state index in [1.165, 1.54) is 0 Å². The van der Waals surface area contributed by atoms with Crippen LogP contribution in [-0.4, -0.2) is 23.0 Å². The summed E-state index contributed by atoms with van der Waals surface area (Å²) < 4.78 is 1.12. The predicted molar refractivity (Wildman–Crippen MR) is 76.0 cm³/mol. The molecular formula is C13H17N3OS. The molecule has 0 aliphatic rings. The number of amides is 1. The number of benzene rings is 1. The van der Waals surface area contributed by atoms with Gasteiger partial charge in [-0.25, -0.2) is 4.98 Å². The molecule has 0 aliphatic heterocycles. The standard InChI is InChI=1S/C13H17N3OS/c1-13(2,3)16-12(17)7-14-9-4-5-10-11(6-9)18-8-15-10/h4-6,8,14H,7H2,1-3H3,(H,16,17). The number of nitrogens with one attached hydrogen (secondary N) is 2. The third-order valence-corrected chi connectivity index (χ3v) is 3.09. The van der Waals surface area contributed by atoms with Crippen LogP contribution in [0.3, 0.4) is 0 Å². The van der Waals surface area contributed by atoms with Gasteiger partial charge in [0.05, 0.1) is 22.3 Å². The van der Waals surface area contributed by atoms with E-state index in [2.05, 4.69) is 15.6 Å². The van der Waals surface area contributed by atoms with Crippen LogP contribution in [0.5, 0.6) is 0 Å². The van der Waals surface area contributed by atoms with Crippen LogP contribution < -0.4 is 10.6 Å².